The number of anilines is 1. The smallest absolute Gasteiger partial charge is 0.248 e. The van der Waals surface area contributed by atoms with Crippen molar-refractivity contribution in [1.29, 1.82) is 0 Å². The fraction of sp³-hybridized carbons (Fsp3) is 0.333. The largest absolute Gasteiger partial charge is 0.381 e. The standard InChI is InChI=1S/C12H16N2O3/c1-2-17-8-7-11(15)14-10-5-3-9(4-6-10)12(13)16/h3-6H,2,7-8H2,1H3,(H2,13,16)(H,14,15). The van der Waals surface area contributed by atoms with Crippen LogP contribution in [0.2, 0.25) is 0 Å². The van der Waals surface area contributed by atoms with Gasteiger partial charge in [-0.2, -0.15) is 0 Å². The molecule has 3 N–H and O–H groups in total. The van der Waals surface area contributed by atoms with Crippen LogP contribution >= 0.6 is 0 Å². The van der Waals surface area contributed by atoms with Crippen molar-refractivity contribution in [2.24, 2.45) is 5.73 Å². The number of primary amides is 1. The number of hydrogen-bond donors (Lipinski definition) is 2. The number of amides is 2. The molecule has 0 radical (unpaired) electrons. The summed E-state index contributed by atoms with van der Waals surface area (Å²) in [6, 6.07) is 6.42. The molecule has 17 heavy (non-hydrogen) atoms. The van der Waals surface area contributed by atoms with E-state index < -0.39 is 5.91 Å². The maximum Gasteiger partial charge on any atom is 0.248 e. The van der Waals surface area contributed by atoms with E-state index in [-0.39, 0.29) is 5.91 Å². The fourth-order valence-electron chi connectivity index (χ4n) is 1.25. The van der Waals surface area contributed by atoms with E-state index in [4.69, 9.17) is 10.5 Å². The molecule has 0 saturated carbocycles. The Labute approximate surface area is 99.9 Å². The molecule has 5 nitrogen and oxygen atoms in total. The van der Waals surface area contributed by atoms with Gasteiger partial charge in [0.15, 0.2) is 0 Å². The lowest BCUT2D eigenvalue weighted by Crippen LogP contribution is -2.15. The van der Waals surface area contributed by atoms with E-state index in [1.807, 2.05) is 6.92 Å². The first kappa shape index (κ1) is 13.2. The van der Waals surface area contributed by atoms with Gasteiger partial charge < -0.3 is 15.8 Å². The number of rotatable bonds is 6. The van der Waals surface area contributed by atoms with Crippen molar-refractivity contribution >= 4 is 17.5 Å². The van der Waals surface area contributed by atoms with Gasteiger partial charge in [0.2, 0.25) is 11.8 Å². The van der Waals surface area contributed by atoms with Crippen LogP contribution in [0, 0.1) is 0 Å². The predicted octanol–water partition coefficient (Wildman–Crippen LogP) is 1.15. The molecule has 0 bridgehead atoms. The maximum atomic E-state index is 11.4. The topological polar surface area (TPSA) is 81.4 Å². The SMILES string of the molecule is CCOCCC(=O)Nc1ccc(C(N)=O)cc1. The van der Waals surface area contributed by atoms with Gasteiger partial charge in [0.05, 0.1) is 13.0 Å². The number of benzene rings is 1. The summed E-state index contributed by atoms with van der Waals surface area (Å²) < 4.78 is 5.07. The molecule has 1 aromatic rings. The van der Waals surface area contributed by atoms with Crippen LogP contribution in [0.1, 0.15) is 23.7 Å². The summed E-state index contributed by atoms with van der Waals surface area (Å²) in [5.74, 6) is -0.607. The Bertz CT molecular complexity index is 387. The minimum absolute atomic E-state index is 0.120. The van der Waals surface area contributed by atoms with Gasteiger partial charge in [-0.3, -0.25) is 9.59 Å². The molecule has 0 saturated heterocycles. The lowest BCUT2D eigenvalue weighted by molar-refractivity contribution is -0.117. The minimum atomic E-state index is -0.487. The molecular formula is C12H16N2O3. The molecule has 5 heteroatoms. The van der Waals surface area contributed by atoms with E-state index in [0.29, 0.717) is 30.9 Å². The highest BCUT2D eigenvalue weighted by Crippen LogP contribution is 2.09. The number of nitrogens with two attached hydrogens (primary N) is 1. The van der Waals surface area contributed by atoms with Gasteiger partial charge in [-0.05, 0) is 31.2 Å². The summed E-state index contributed by atoms with van der Waals surface area (Å²) in [6.07, 6.45) is 0.311. The molecule has 0 heterocycles. The van der Waals surface area contributed by atoms with Crippen LogP contribution in [0.3, 0.4) is 0 Å². The molecule has 0 aliphatic heterocycles. The van der Waals surface area contributed by atoms with Crippen molar-refractivity contribution in [1.82, 2.24) is 0 Å². The average molecular weight is 236 g/mol. The normalized spacial score (nSPS) is 9.94. The second-order valence-corrected chi connectivity index (χ2v) is 3.44. The Morgan fingerprint density at radius 3 is 2.47 bits per heavy atom. The average Bonchev–Trinajstić information content (AvgIpc) is 2.30. The summed E-state index contributed by atoms with van der Waals surface area (Å²) in [5, 5.41) is 2.70. The fourth-order valence-corrected chi connectivity index (χ4v) is 1.25. The molecule has 92 valence electrons. The highest BCUT2D eigenvalue weighted by molar-refractivity contribution is 5.94. The van der Waals surface area contributed by atoms with Crippen LogP contribution in [0.4, 0.5) is 5.69 Å². The molecule has 1 aromatic carbocycles. The molecule has 0 aliphatic rings. The maximum absolute atomic E-state index is 11.4. The zero-order chi connectivity index (χ0) is 12.7. The Kier molecular flexibility index (Phi) is 5.16. The molecule has 0 unspecified atom stereocenters. The van der Waals surface area contributed by atoms with Crippen LogP contribution in [-0.4, -0.2) is 25.0 Å². The Hall–Kier alpha value is -1.88. The third-order valence-electron chi connectivity index (χ3n) is 2.13. The van der Waals surface area contributed by atoms with E-state index in [2.05, 4.69) is 5.32 Å². The lowest BCUT2D eigenvalue weighted by atomic mass is 10.2. The van der Waals surface area contributed by atoms with Crippen molar-refractivity contribution in [2.45, 2.75) is 13.3 Å². The molecule has 0 aliphatic carbocycles. The first-order valence-corrected chi connectivity index (χ1v) is 5.41. The molecule has 1 rings (SSSR count). The van der Waals surface area contributed by atoms with E-state index in [0.717, 1.165) is 0 Å². The van der Waals surface area contributed by atoms with E-state index in [9.17, 15) is 9.59 Å². The van der Waals surface area contributed by atoms with Gasteiger partial charge in [-0.25, -0.2) is 0 Å². The molecule has 0 aromatic heterocycles. The number of carbonyl (C=O) groups is 2. The van der Waals surface area contributed by atoms with Gasteiger partial charge in [0, 0.05) is 17.9 Å². The van der Waals surface area contributed by atoms with Gasteiger partial charge >= 0.3 is 0 Å². The summed E-state index contributed by atoms with van der Waals surface area (Å²) in [7, 11) is 0. The number of ether oxygens (including phenoxy) is 1. The molecular weight excluding hydrogens is 220 g/mol. The second kappa shape index (κ2) is 6.65. The third kappa shape index (κ3) is 4.65. The van der Waals surface area contributed by atoms with E-state index in [1.165, 1.54) is 0 Å². The van der Waals surface area contributed by atoms with E-state index in [1.54, 1.807) is 24.3 Å². The quantitative estimate of drug-likeness (QED) is 0.727. The zero-order valence-corrected chi connectivity index (χ0v) is 9.73. The van der Waals surface area contributed by atoms with Gasteiger partial charge in [-0.1, -0.05) is 0 Å². The van der Waals surface area contributed by atoms with Crippen LogP contribution in [0.15, 0.2) is 24.3 Å². The molecule has 0 fully saturated rings. The van der Waals surface area contributed by atoms with Gasteiger partial charge in [-0.15, -0.1) is 0 Å². The lowest BCUT2D eigenvalue weighted by Gasteiger charge is -2.05. The summed E-state index contributed by atoms with van der Waals surface area (Å²) in [5.41, 5.74) is 6.15. The molecule has 0 atom stereocenters. The van der Waals surface area contributed by atoms with Crippen molar-refractivity contribution in [2.75, 3.05) is 18.5 Å². The second-order valence-electron chi connectivity index (χ2n) is 3.44. The summed E-state index contributed by atoms with van der Waals surface area (Å²) in [4.78, 5) is 22.3. The Balaban J connectivity index is 2.46. The number of hydrogen-bond acceptors (Lipinski definition) is 3. The van der Waals surface area contributed by atoms with Gasteiger partial charge in [0.1, 0.15) is 0 Å². The molecule has 2 amide bonds. The van der Waals surface area contributed by atoms with Gasteiger partial charge in [0.25, 0.3) is 0 Å². The third-order valence-corrected chi connectivity index (χ3v) is 2.13. The van der Waals surface area contributed by atoms with Crippen molar-refractivity contribution < 1.29 is 14.3 Å². The Morgan fingerprint density at radius 2 is 1.94 bits per heavy atom. The van der Waals surface area contributed by atoms with Crippen molar-refractivity contribution in [3.8, 4) is 0 Å². The monoisotopic (exact) mass is 236 g/mol. The number of nitrogens with one attached hydrogen (secondary N) is 1. The van der Waals surface area contributed by atoms with Crippen molar-refractivity contribution in [3.05, 3.63) is 29.8 Å². The van der Waals surface area contributed by atoms with E-state index >= 15 is 0 Å². The predicted molar refractivity (Wildman–Crippen MR) is 64.7 cm³/mol. The van der Waals surface area contributed by atoms with Crippen LogP contribution in [0.5, 0.6) is 0 Å². The summed E-state index contributed by atoms with van der Waals surface area (Å²) in [6.45, 7) is 2.88. The zero-order valence-electron chi connectivity index (χ0n) is 9.73. The van der Waals surface area contributed by atoms with Crippen molar-refractivity contribution in [3.63, 3.8) is 0 Å². The van der Waals surface area contributed by atoms with Crippen LogP contribution in [-0.2, 0) is 9.53 Å². The first-order valence-electron chi connectivity index (χ1n) is 5.41. The highest BCUT2D eigenvalue weighted by atomic mass is 16.5. The minimum Gasteiger partial charge on any atom is -0.381 e. The van der Waals surface area contributed by atoms with Crippen LogP contribution < -0.4 is 11.1 Å². The summed E-state index contributed by atoms with van der Waals surface area (Å²) >= 11 is 0. The highest BCUT2D eigenvalue weighted by Gasteiger charge is 2.03. The van der Waals surface area contributed by atoms with Crippen LogP contribution in [0.25, 0.3) is 0 Å². The molecule has 0 spiro atoms. The Morgan fingerprint density at radius 1 is 1.29 bits per heavy atom. The number of carbonyl (C=O) groups excluding carboxylic acids is 2. The first-order chi connectivity index (χ1) is 8.13.